The molecule has 0 aliphatic rings. The molecule has 0 fully saturated rings. The van der Waals surface area contributed by atoms with Crippen LogP contribution in [0.3, 0.4) is 0 Å². The zero-order valence-electron chi connectivity index (χ0n) is 10.6. The van der Waals surface area contributed by atoms with E-state index in [1.54, 1.807) is 12.1 Å². The third-order valence-electron chi connectivity index (χ3n) is 2.39. The maximum absolute atomic E-state index is 11.5. The number of anilines is 1. The number of carboxylic acid groups (broad SMARTS) is 1. The molecule has 0 saturated carbocycles. The van der Waals surface area contributed by atoms with Gasteiger partial charge in [0.15, 0.2) is 0 Å². The summed E-state index contributed by atoms with van der Waals surface area (Å²) in [5, 5.41) is 11.3. The molecule has 18 heavy (non-hydrogen) atoms. The third kappa shape index (κ3) is 5.43. The number of carboxylic acids is 1. The van der Waals surface area contributed by atoms with Gasteiger partial charge in [-0.05, 0) is 24.5 Å². The number of aromatic nitrogens is 1. The smallest absolute Gasteiger partial charge is 0.309 e. The average Bonchev–Trinajstić information content (AvgIpc) is 2.28. The van der Waals surface area contributed by atoms with Gasteiger partial charge in [-0.25, -0.2) is 0 Å². The predicted molar refractivity (Wildman–Crippen MR) is 68.3 cm³/mol. The van der Waals surface area contributed by atoms with Gasteiger partial charge in [0.1, 0.15) is 0 Å². The number of hydrogen-bond acceptors (Lipinski definition) is 3. The molecule has 98 valence electrons. The highest BCUT2D eigenvalue weighted by Gasteiger charge is 2.05. The second kappa shape index (κ2) is 6.74. The van der Waals surface area contributed by atoms with E-state index in [9.17, 15) is 9.59 Å². The van der Waals surface area contributed by atoms with E-state index in [4.69, 9.17) is 5.11 Å². The summed E-state index contributed by atoms with van der Waals surface area (Å²) in [6.07, 6.45) is 2.69. The maximum Gasteiger partial charge on any atom is 0.309 e. The first-order valence-corrected chi connectivity index (χ1v) is 5.94. The van der Waals surface area contributed by atoms with Gasteiger partial charge in [0, 0.05) is 6.42 Å². The van der Waals surface area contributed by atoms with Crippen molar-refractivity contribution in [3.63, 3.8) is 0 Å². The lowest BCUT2D eigenvalue weighted by Crippen LogP contribution is -2.12. The minimum absolute atomic E-state index is 0.0449. The molecule has 0 saturated heterocycles. The standard InChI is InChI=1S/C13H18N2O3/c1-9(2)3-6-12(16)15-11-5-4-10(14-8-11)7-13(17)18/h4-5,8-9H,3,6-7H2,1-2H3,(H,15,16)(H,17,18). The van der Waals surface area contributed by atoms with E-state index < -0.39 is 5.97 Å². The van der Waals surface area contributed by atoms with Crippen LogP contribution in [0.4, 0.5) is 5.69 Å². The Bertz CT molecular complexity index is 413. The molecule has 1 heterocycles. The molecular formula is C13H18N2O3. The van der Waals surface area contributed by atoms with Crippen LogP contribution >= 0.6 is 0 Å². The Morgan fingerprint density at radius 1 is 1.39 bits per heavy atom. The number of carbonyl (C=O) groups excluding carboxylic acids is 1. The van der Waals surface area contributed by atoms with E-state index in [1.165, 1.54) is 6.20 Å². The highest BCUT2D eigenvalue weighted by Crippen LogP contribution is 2.09. The van der Waals surface area contributed by atoms with Crippen LogP contribution in [0.25, 0.3) is 0 Å². The molecule has 0 atom stereocenters. The molecule has 0 aliphatic heterocycles. The van der Waals surface area contributed by atoms with E-state index in [2.05, 4.69) is 24.1 Å². The van der Waals surface area contributed by atoms with Crippen LogP contribution in [0.5, 0.6) is 0 Å². The number of aliphatic carboxylic acids is 1. The summed E-state index contributed by atoms with van der Waals surface area (Å²) in [4.78, 5) is 26.0. The number of carbonyl (C=O) groups is 2. The van der Waals surface area contributed by atoms with Crippen LogP contribution < -0.4 is 5.32 Å². The van der Waals surface area contributed by atoms with Gasteiger partial charge in [-0.1, -0.05) is 13.8 Å². The van der Waals surface area contributed by atoms with Crippen molar-refractivity contribution >= 4 is 17.6 Å². The molecule has 1 amide bonds. The van der Waals surface area contributed by atoms with Gasteiger partial charge in [-0.15, -0.1) is 0 Å². The van der Waals surface area contributed by atoms with E-state index in [1.807, 2.05) is 0 Å². The van der Waals surface area contributed by atoms with Crippen LogP contribution in [-0.2, 0) is 16.0 Å². The Morgan fingerprint density at radius 2 is 2.11 bits per heavy atom. The Balaban J connectivity index is 2.48. The summed E-state index contributed by atoms with van der Waals surface area (Å²) in [5.74, 6) is -0.473. The zero-order valence-corrected chi connectivity index (χ0v) is 10.6. The van der Waals surface area contributed by atoms with Gasteiger partial charge >= 0.3 is 5.97 Å². The molecule has 1 aromatic rings. The molecule has 0 aliphatic carbocycles. The number of pyridine rings is 1. The predicted octanol–water partition coefficient (Wildman–Crippen LogP) is 2.08. The minimum atomic E-state index is -0.920. The van der Waals surface area contributed by atoms with E-state index >= 15 is 0 Å². The molecule has 1 rings (SSSR count). The molecule has 0 bridgehead atoms. The summed E-state index contributed by atoms with van der Waals surface area (Å²) in [5.41, 5.74) is 1.07. The van der Waals surface area contributed by atoms with Crippen LogP contribution in [0.2, 0.25) is 0 Å². The molecule has 0 spiro atoms. The summed E-state index contributed by atoms with van der Waals surface area (Å²) < 4.78 is 0. The molecular weight excluding hydrogens is 232 g/mol. The minimum Gasteiger partial charge on any atom is -0.481 e. The monoisotopic (exact) mass is 250 g/mol. The van der Waals surface area contributed by atoms with Crippen molar-refractivity contribution in [3.8, 4) is 0 Å². The van der Waals surface area contributed by atoms with E-state index in [0.717, 1.165) is 6.42 Å². The highest BCUT2D eigenvalue weighted by atomic mass is 16.4. The van der Waals surface area contributed by atoms with Crippen molar-refractivity contribution < 1.29 is 14.7 Å². The normalized spacial score (nSPS) is 10.4. The van der Waals surface area contributed by atoms with Crippen molar-refractivity contribution in [2.75, 3.05) is 5.32 Å². The lowest BCUT2D eigenvalue weighted by Gasteiger charge is -2.06. The number of nitrogens with zero attached hydrogens (tertiary/aromatic N) is 1. The first-order chi connectivity index (χ1) is 8.47. The molecule has 5 heteroatoms. The molecule has 0 unspecified atom stereocenters. The lowest BCUT2D eigenvalue weighted by molar-refractivity contribution is -0.136. The second-order valence-electron chi connectivity index (χ2n) is 4.59. The SMILES string of the molecule is CC(C)CCC(=O)Nc1ccc(CC(=O)O)nc1. The maximum atomic E-state index is 11.5. The fourth-order valence-corrected chi connectivity index (χ4v) is 1.40. The van der Waals surface area contributed by atoms with Gasteiger partial charge in [0.05, 0.1) is 24.0 Å². The molecule has 2 N–H and O–H groups in total. The summed E-state index contributed by atoms with van der Waals surface area (Å²) in [6, 6.07) is 3.27. The Labute approximate surface area is 106 Å². The fraction of sp³-hybridized carbons (Fsp3) is 0.462. The van der Waals surface area contributed by atoms with E-state index in [-0.39, 0.29) is 12.3 Å². The Hall–Kier alpha value is -1.91. The summed E-state index contributed by atoms with van der Waals surface area (Å²) in [7, 11) is 0. The zero-order chi connectivity index (χ0) is 13.5. The van der Waals surface area contributed by atoms with Gasteiger partial charge in [-0.2, -0.15) is 0 Å². The van der Waals surface area contributed by atoms with Crippen molar-refractivity contribution in [2.45, 2.75) is 33.1 Å². The van der Waals surface area contributed by atoms with Crippen LogP contribution in [0.15, 0.2) is 18.3 Å². The third-order valence-corrected chi connectivity index (χ3v) is 2.39. The van der Waals surface area contributed by atoms with Crippen molar-refractivity contribution in [1.82, 2.24) is 4.98 Å². The Morgan fingerprint density at radius 3 is 2.61 bits per heavy atom. The van der Waals surface area contributed by atoms with Gasteiger partial charge in [0.25, 0.3) is 0 Å². The first kappa shape index (κ1) is 14.2. The van der Waals surface area contributed by atoms with Crippen LogP contribution in [0.1, 0.15) is 32.4 Å². The summed E-state index contributed by atoms with van der Waals surface area (Å²) >= 11 is 0. The summed E-state index contributed by atoms with van der Waals surface area (Å²) in [6.45, 7) is 4.13. The lowest BCUT2D eigenvalue weighted by atomic mass is 10.1. The number of hydrogen-bond donors (Lipinski definition) is 2. The second-order valence-corrected chi connectivity index (χ2v) is 4.59. The molecule has 0 aromatic carbocycles. The van der Waals surface area contributed by atoms with Gasteiger partial charge in [0.2, 0.25) is 5.91 Å². The number of amides is 1. The van der Waals surface area contributed by atoms with Crippen LogP contribution in [-0.4, -0.2) is 22.0 Å². The quantitative estimate of drug-likeness (QED) is 0.810. The first-order valence-electron chi connectivity index (χ1n) is 5.94. The molecule has 5 nitrogen and oxygen atoms in total. The van der Waals surface area contributed by atoms with Crippen molar-refractivity contribution in [2.24, 2.45) is 5.92 Å². The average molecular weight is 250 g/mol. The van der Waals surface area contributed by atoms with Crippen molar-refractivity contribution in [3.05, 3.63) is 24.0 Å². The number of nitrogens with one attached hydrogen (secondary N) is 1. The fourth-order valence-electron chi connectivity index (χ4n) is 1.40. The van der Waals surface area contributed by atoms with E-state index in [0.29, 0.717) is 23.7 Å². The molecule has 1 aromatic heterocycles. The Kier molecular flexibility index (Phi) is 5.30. The van der Waals surface area contributed by atoms with Gasteiger partial charge in [-0.3, -0.25) is 14.6 Å². The number of rotatable bonds is 6. The topological polar surface area (TPSA) is 79.3 Å². The van der Waals surface area contributed by atoms with Crippen LogP contribution in [0, 0.1) is 5.92 Å². The van der Waals surface area contributed by atoms with Crippen molar-refractivity contribution in [1.29, 1.82) is 0 Å². The molecule has 0 radical (unpaired) electrons. The van der Waals surface area contributed by atoms with Gasteiger partial charge < -0.3 is 10.4 Å². The largest absolute Gasteiger partial charge is 0.481 e. The highest BCUT2D eigenvalue weighted by molar-refractivity contribution is 5.90.